The normalized spacial score (nSPS) is 33.9. The van der Waals surface area contributed by atoms with Crippen LogP contribution in [0.4, 0.5) is 0 Å². The zero-order valence-electron chi connectivity index (χ0n) is 12.0. The zero-order valence-corrected chi connectivity index (χ0v) is 12.0. The number of rotatable bonds is 2. The van der Waals surface area contributed by atoms with Gasteiger partial charge in [-0.15, -0.1) is 0 Å². The predicted molar refractivity (Wildman–Crippen MR) is 78.7 cm³/mol. The number of hydrogen-bond acceptors (Lipinski definition) is 4. The molecule has 0 aliphatic carbocycles. The number of amides is 2. The molecule has 2 fully saturated rings. The molecule has 6 nitrogen and oxygen atoms in total. The maximum atomic E-state index is 12.3. The van der Waals surface area contributed by atoms with Gasteiger partial charge in [0.05, 0.1) is 0 Å². The van der Waals surface area contributed by atoms with Crippen LogP contribution in [0.15, 0.2) is 0 Å². The monoisotopic (exact) mass is 280 g/mol. The maximum Gasteiger partial charge on any atom is 0.232 e. The van der Waals surface area contributed by atoms with Crippen LogP contribution in [-0.2, 0) is 9.59 Å². The van der Waals surface area contributed by atoms with Gasteiger partial charge in [0.1, 0.15) is 0 Å². The molecular formula is C13H25BN4O2. The Balaban J connectivity index is 2.35. The van der Waals surface area contributed by atoms with Crippen molar-refractivity contribution in [2.24, 2.45) is 11.7 Å². The fourth-order valence-electron chi connectivity index (χ4n) is 4.22. The average Bonchev–Trinajstić information content (AvgIpc) is 2.54. The van der Waals surface area contributed by atoms with E-state index in [1.54, 1.807) is 0 Å². The summed E-state index contributed by atoms with van der Waals surface area (Å²) in [5, 5.41) is -0.992. The highest BCUT2D eigenvalue weighted by molar-refractivity contribution is 6.56. The van der Waals surface area contributed by atoms with E-state index in [1.807, 2.05) is 0 Å². The second-order valence-electron chi connectivity index (χ2n) is 6.45. The third-order valence-corrected chi connectivity index (χ3v) is 5.27. The maximum absolute atomic E-state index is 12.3. The van der Waals surface area contributed by atoms with Crippen LogP contribution in [0.5, 0.6) is 0 Å². The van der Waals surface area contributed by atoms with Gasteiger partial charge < -0.3 is 0 Å². The van der Waals surface area contributed by atoms with E-state index in [1.165, 1.54) is 0 Å². The molecule has 2 unspecified atom stereocenters. The third-order valence-electron chi connectivity index (χ3n) is 5.27. The number of hydrazine groups is 2. The Morgan fingerprint density at radius 1 is 0.750 bits per heavy atom. The largest absolute Gasteiger partial charge is 0.294 e. The van der Waals surface area contributed by atoms with Crippen molar-refractivity contribution in [1.29, 1.82) is 0 Å². The van der Waals surface area contributed by atoms with Gasteiger partial charge in [0.25, 0.3) is 0 Å². The number of nitrogens with two attached hydrogens (primary N) is 2. The number of carbonyl (C=O) groups excluding carboxylic acids is 2. The van der Waals surface area contributed by atoms with E-state index in [0.717, 1.165) is 57.8 Å². The highest BCUT2D eigenvalue weighted by atomic mass is 16.2. The average molecular weight is 280 g/mol. The molecule has 6 N–H and O–H groups in total. The zero-order chi connectivity index (χ0) is 14.6. The van der Waals surface area contributed by atoms with Gasteiger partial charge in [-0.2, -0.15) is 0 Å². The molecular weight excluding hydrogens is 255 g/mol. The van der Waals surface area contributed by atoms with Gasteiger partial charge in [0, 0.05) is 10.6 Å². The number of hydrogen-bond donors (Lipinski definition) is 4. The van der Waals surface area contributed by atoms with Crippen LogP contribution < -0.4 is 22.5 Å². The number of nitrogens with one attached hydrogen (secondary N) is 2. The Hall–Kier alpha value is -1.08. The summed E-state index contributed by atoms with van der Waals surface area (Å²) in [6.45, 7) is 0. The van der Waals surface area contributed by atoms with Crippen molar-refractivity contribution in [2.75, 3.05) is 0 Å². The molecule has 2 saturated heterocycles. The Morgan fingerprint density at radius 3 is 1.55 bits per heavy atom. The van der Waals surface area contributed by atoms with Gasteiger partial charge in [-0.25, -0.2) is 11.7 Å². The second-order valence-corrected chi connectivity index (χ2v) is 6.45. The molecule has 0 aromatic carbocycles. The van der Waals surface area contributed by atoms with Crippen molar-refractivity contribution < 1.29 is 9.59 Å². The van der Waals surface area contributed by atoms with Gasteiger partial charge >= 0.3 is 0 Å². The Bertz CT molecular complexity index is 359. The molecule has 2 aliphatic heterocycles. The van der Waals surface area contributed by atoms with Crippen molar-refractivity contribution in [3.8, 4) is 0 Å². The molecule has 0 spiro atoms. The molecule has 112 valence electrons. The lowest BCUT2D eigenvalue weighted by molar-refractivity contribution is -0.126. The summed E-state index contributed by atoms with van der Waals surface area (Å²) in [6.07, 6.45) is 8.40. The predicted octanol–water partition coefficient (Wildman–Crippen LogP) is 0.258. The van der Waals surface area contributed by atoms with Gasteiger partial charge in [-0.05, 0) is 25.7 Å². The van der Waals surface area contributed by atoms with E-state index in [-0.39, 0.29) is 11.8 Å². The second kappa shape index (κ2) is 6.14. The van der Waals surface area contributed by atoms with E-state index in [0.29, 0.717) is 7.28 Å². The fraction of sp³-hybridized carbons (Fsp3) is 0.846. The number of fused-ring (bicyclic) bond motifs is 2. The van der Waals surface area contributed by atoms with Crippen molar-refractivity contribution in [3.05, 3.63) is 0 Å². The van der Waals surface area contributed by atoms with Crippen LogP contribution >= 0.6 is 0 Å². The van der Waals surface area contributed by atoms with Crippen LogP contribution in [0.1, 0.15) is 57.8 Å². The van der Waals surface area contributed by atoms with Crippen LogP contribution in [0.3, 0.4) is 0 Å². The molecule has 20 heavy (non-hydrogen) atoms. The first-order valence-corrected chi connectivity index (χ1v) is 7.61. The summed E-state index contributed by atoms with van der Waals surface area (Å²) in [4.78, 5) is 24.7. The summed E-state index contributed by atoms with van der Waals surface area (Å²) >= 11 is 0. The topological polar surface area (TPSA) is 110 Å². The summed E-state index contributed by atoms with van der Waals surface area (Å²) in [7, 11) is 0.575. The lowest BCUT2D eigenvalue weighted by Crippen LogP contribution is -2.53. The molecule has 0 saturated carbocycles. The van der Waals surface area contributed by atoms with Crippen LogP contribution in [0.25, 0.3) is 0 Å². The van der Waals surface area contributed by atoms with E-state index in [9.17, 15) is 9.59 Å². The van der Waals surface area contributed by atoms with Crippen LogP contribution in [0, 0.1) is 0 Å². The first-order valence-electron chi connectivity index (χ1n) is 7.61. The van der Waals surface area contributed by atoms with Crippen molar-refractivity contribution >= 4 is 19.1 Å². The minimum Gasteiger partial charge on any atom is -0.294 e. The highest BCUT2D eigenvalue weighted by Gasteiger charge is 2.53. The van der Waals surface area contributed by atoms with Crippen LogP contribution in [0.2, 0.25) is 10.6 Å². The summed E-state index contributed by atoms with van der Waals surface area (Å²) in [5.74, 6) is 10.5. The van der Waals surface area contributed by atoms with Crippen molar-refractivity contribution in [2.45, 2.75) is 68.4 Å². The van der Waals surface area contributed by atoms with Gasteiger partial charge in [0.15, 0.2) is 7.28 Å². The molecule has 2 aliphatic rings. The molecule has 2 amide bonds. The van der Waals surface area contributed by atoms with Gasteiger partial charge in [-0.1, -0.05) is 32.1 Å². The molecule has 0 aromatic heterocycles. The first-order chi connectivity index (χ1) is 9.58. The summed E-state index contributed by atoms with van der Waals surface area (Å²) in [6, 6.07) is 0. The Kier molecular flexibility index (Phi) is 4.70. The third kappa shape index (κ3) is 2.69. The standard InChI is InChI=1S/C13H25BN4O2/c15-17-10(19)12-6-3-1-2-4-7-13(14-12,9-5-8-12)11(20)18-16/h14H,1-9,15-16H2,(H,17,19)(H,18,20). The lowest BCUT2D eigenvalue weighted by Gasteiger charge is -2.44. The van der Waals surface area contributed by atoms with E-state index in [2.05, 4.69) is 10.9 Å². The smallest absolute Gasteiger partial charge is 0.232 e. The Labute approximate surface area is 120 Å². The number of carbonyl (C=O) groups is 2. The van der Waals surface area contributed by atoms with Crippen LogP contribution in [-0.4, -0.2) is 19.1 Å². The fourth-order valence-corrected chi connectivity index (χ4v) is 4.22. The molecule has 2 atom stereocenters. The minimum absolute atomic E-state index is 0.117. The molecule has 0 radical (unpaired) electrons. The van der Waals surface area contributed by atoms with E-state index in [4.69, 9.17) is 11.7 Å². The van der Waals surface area contributed by atoms with E-state index < -0.39 is 10.6 Å². The summed E-state index contributed by atoms with van der Waals surface area (Å²) in [5.41, 5.74) is 4.64. The molecule has 2 heterocycles. The quantitative estimate of drug-likeness (QED) is 0.251. The molecule has 2 bridgehead atoms. The first kappa shape index (κ1) is 15.3. The Morgan fingerprint density at radius 2 is 1.15 bits per heavy atom. The molecule has 2 rings (SSSR count). The summed E-state index contributed by atoms with van der Waals surface area (Å²) < 4.78 is 0. The SMILES string of the molecule is NNC(=O)C12BC(C(=O)NN)(CCCCCC1)CCC2. The van der Waals surface area contributed by atoms with Gasteiger partial charge in [-0.3, -0.25) is 20.4 Å². The van der Waals surface area contributed by atoms with Crippen molar-refractivity contribution in [3.63, 3.8) is 0 Å². The minimum atomic E-state index is -0.496. The molecule has 0 aromatic rings. The highest BCUT2D eigenvalue weighted by Crippen LogP contribution is 2.55. The van der Waals surface area contributed by atoms with Gasteiger partial charge in [0.2, 0.25) is 11.8 Å². The van der Waals surface area contributed by atoms with E-state index >= 15 is 0 Å². The van der Waals surface area contributed by atoms with Crippen molar-refractivity contribution in [1.82, 2.24) is 10.9 Å². The molecule has 7 heteroatoms. The lowest BCUT2D eigenvalue weighted by atomic mass is 9.31.